The first-order chi connectivity index (χ1) is 15.1. The van der Waals surface area contributed by atoms with Crippen molar-refractivity contribution in [3.63, 3.8) is 0 Å². The van der Waals surface area contributed by atoms with E-state index in [2.05, 4.69) is 39.5 Å². The lowest BCUT2D eigenvalue weighted by Gasteiger charge is -2.04. The number of aryl methyl sites for hydroxylation is 2. The fourth-order valence-corrected chi connectivity index (χ4v) is 4.55. The SMILES string of the molecule is Cc1ccccc1-c1csc(SCc2noc(CCC(=O)Nc3ccccc3F)n2)n1. The highest BCUT2D eigenvalue weighted by molar-refractivity contribution is 8.00. The van der Waals surface area contributed by atoms with Gasteiger partial charge in [-0.25, -0.2) is 9.37 Å². The van der Waals surface area contributed by atoms with E-state index in [1.165, 1.54) is 29.5 Å². The summed E-state index contributed by atoms with van der Waals surface area (Å²) in [6, 6.07) is 14.2. The predicted octanol–water partition coefficient (Wildman–Crippen LogP) is 5.50. The number of nitrogens with one attached hydrogen (secondary N) is 1. The van der Waals surface area contributed by atoms with Gasteiger partial charge in [0.25, 0.3) is 0 Å². The Balaban J connectivity index is 1.27. The van der Waals surface area contributed by atoms with Crippen molar-refractivity contribution in [1.29, 1.82) is 0 Å². The van der Waals surface area contributed by atoms with Crippen LogP contribution in [0.4, 0.5) is 10.1 Å². The molecule has 0 aliphatic carbocycles. The predicted molar refractivity (Wildman–Crippen MR) is 119 cm³/mol. The highest BCUT2D eigenvalue weighted by Gasteiger charge is 2.13. The number of hydrogen-bond donors (Lipinski definition) is 1. The molecule has 2 aromatic heterocycles. The summed E-state index contributed by atoms with van der Waals surface area (Å²) in [5.41, 5.74) is 3.43. The van der Waals surface area contributed by atoms with Gasteiger partial charge in [-0.05, 0) is 24.6 Å². The molecule has 31 heavy (non-hydrogen) atoms. The van der Waals surface area contributed by atoms with Crippen molar-refractivity contribution >= 4 is 34.7 Å². The van der Waals surface area contributed by atoms with Gasteiger partial charge in [0.15, 0.2) is 10.2 Å². The average molecular weight is 455 g/mol. The van der Waals surface area contributed by atoms with Crippen molar-refractivity contribution in [2.24, 2.45) is 0 Å². The van der Waals surface area contributed by atoms with Crippen molar-refractivity contribution < 1.29 is 13.7 Å². The maximum atomic E-state index is 13.6. The molecule has 4 aromatic rings. The summed E-state index contributed by atoms with van der Waals surface area (Å²) in [5, 5.41) is 8.55. The smallest absolute Gasteiger partial charge is 0.227 e. The molecule has 2 heterocycles. The van der Waals surface area contributed by atoms with E-state index in [0.717, 1.165) is 15.6 Å². The summed E-state index contributed by atoms with van der Waals surface area (Å²) in [4.78, 5) is 21.0. The average Bonchev–Trinajstić information content (AvgIpc) is 3.42. The monoisotopic (exact) mass is 454 g/mol. The largest absolute Gasteiger partial charge is 0.339 e. The Hall–Kier alpha value is -3.04. The summed E-state index contributed by atoms with van der Waals surface area (Å²) in [7, 11) is 0. The van der Waals surface area contributed by atoms with Gasteiger partial charge in [0.2, 0.25) is 11.8 Å². The number of aromatic nitrogens is 3. The van der Waals surface area contributed by atoms with Gasteiger partial charge >= 0.3 is 0 Å². The van der Waals surface area contributed by atoms with Crippen molar-refractivity contribution in [2.45, 2.75) is 29.9 Å². The minimum Gasteiger partial charge on any atom is -0.339 e. The summed E-state index contributed by atoms with van der Waals surface area (Å²) in [5.74, 6) is 0.652. The van der Waals surface area contributed by atoms with Gasteiger partial charge in [0, 0.05) is 23.8 Å². The van der Waals surface area contributed by atoms with Crippen LogP contribution in [-0.4, -0.2) is 21.0 Å². The standard InChI is InChI=1S/C22H19FN4O2S2/c1-14-6-2-3-7-15(14)18-12-30-22(25-18)31-13-19-26-21(29-27-19)11-10-20(28)24-17-9-5-4-8-16(17)23/h2-9,12H,10-11,13H2,1H3,(H,24,28). The zero-order valence-electron chi connectivity index (χ0n) is 16.7. The van der Waals surface area contributed by atoms with Crippen LogP contribution in [0.15, 0.2) is 62.8 Å². The number of carbonyl (C=O) groups is 1. The zero-order chi connectivity index (χ0) is 21.6. The van der Waals surface area contributed by atoms with Crippen LogP contribution in [0.5, 0.6) is 0 Å². The Morgan fingerprint density at radius 3 is 2.81 bits per heavy atom. The van der Waals surface area contributed by atoms with Crippen LogP contribution in [-0.2, 0) is 17.0 Å². The molecule has 1 amide bonds. The van der Waals surface area contributed by atoms with Crippen LogP contribution in [0.3, 0.4) is 0 Å². The number of carbonyl (C=O) groups excluding carboxylic acids is 1. The van der Waals surface area contributed by atoms with E-state index in [1.807, 2.05) is 17.5 Å². The second-order valence-corrected chi connectivity index (χ2v) is 8.82. The molecule has 9 heteroatoms. The van der Waals surface area contributed by atoms with Crippen molar-refractivity contribution in [3.8, 4) is 11.3 Å². The third kappa shape index (κ3) is 5.56. The van der Waals surface area contributed by atoms with E-state index in [4.69, 9.17) is 4.52 Å². The third-order valence-corrected chi connectivity index (χ3v) is 6.47. The molecule has 6 nitrogen and oxygen atoms in total. The van der Waals surface area contributed by atoms with Crippen LogP contribution in [0.2, 0.25) is 0 Å². The molecule has 0 unspecified atom stereocenters. The molecule has 2 aromatic carbocycles. The minimum absolute atomic E-state index is 0.120. The van der Waals surface area contributed by atoms with Gasteiger partial charge in [-0.3, -0.25) is 4.79 Å². The number of thioether (sulfide) groups is 1. The Morgan fingerprint density at radius 1 is 1.16 bits per heavy atom. The summed E-state index contributed by atoms with van der Waals surface area (Å²) in [6.07, 6.45) is 0.405. The lowest BCUT2D eigenvalue weighted by atomic mass is 10.1. The highest BCUT2D eigenvalue weighted by Crippen LogP contribution is 2.31. The molecular weight excluding hydrogens is 435 g/mol. The number of anilines is 1. The van der Waals surface area contributed by atoms with Gasteiger partial charge in [-0.1, -0.05) is 53.3 Å². The Kier molecular flexibility index (Phi) is 6.73. The fraction of sp³-hybridized carbons (Fsp3) is 0.182. The van der Waals surface area contributed by atoms with Crippen molar-refractivity contribution in [1.82, 2.24) is 15.1 Å². The van der Waals surface area contributed by atoms with Crippen molar-refractivity contribution in [3.05, 3.63) is 77.0 Å². The summed E-state index contributed by atoms with van der Waals surface area (Å²) >= 11 is 3.11. The third-order valence-electron chi connectivity index (χ3n) is 4.45. The second kappa shape index (κ2) is 9.84. The number of rotatable bonds is 8. The lowest BCUT2D eigenvalue weighted by Crippen LogP contribution is -2.13. The van der Waals surface area contributed by atoms with Gasteiger partial charge < -0.3 is 9.84 Å². The molecule has 0 saturated carbocycles. The molecule has 0 aliphatic heterocycles. The van der Waals surface area contributed by atoms with E-state index < -0.39 is 5.82 Å². The highest BCUT2D eigenvalue weighted by atomic mass is 32.2. The molecule has 0 spiro atoms. The normalized spacial score (nSPS) is 10.9. The van der Waals surface area contributed by atoms with Crippen molar-refractivity contribution in [2.75, 3.05) is 5.32 Å². The molecule has 0 atom stereocenters. The first-order valence-corrected chi connectivity index (χ1v) is 11.4. The maximum absolute atomic E-state index is 13.6. The molecule has 0 aliphatic rings. The molecule has 0 saturated heterocycles. The van der Waals surface area contributed by atoms with Crippen LogP contribution in [0, 0.1) is 12.7 Å². The second-order valence-electron chi connectivity index (χ2n) is 6.73. The van der Waals surface area contributed by atoms with Crippen LogP contribution < -0.4 is 5.32 Å². The van der Waals surface area contributed by atoms with Crippen LogP contribution in [0.25, 0.3) is 11.3 Å². The molecule has 1 N–H and O–H groups in total. The molecular formula is C22H19FN4O2S2. The molecule has 4 rings (SSSR count). The lowest BCUT2D eigenvalue weighted by molar-refractivity contribution is -0.116. The van der Waals surface area contributed by atoms with Crippen LogP contribution in [0.1, 0.15) is 23.7 Å². The summed E-state index contributed by atoms with van der Waals surface area (Å²) < 4.78 is 19.7. The number of nitrogens with zero attached hydrogens (tertiary/aromatic N) is 3. The van der Waals surface area contributed by atoms with E-state index in [0.29, 0.717) is 17.5 Å². The van der Waals surface area contributed by atoms with Gasteiger partial charge in [0.1, 0.15) is 5.82 Å². The van der Waals surface area contributed by atoms with E-state index in [1.54, 1.807) is 23.5 Å². The number of amides is 1. The van der Waals surface area contributed by atoms with Crippen LogP contribution >= 0.6 is 23.1 Å². The summed E-state index contributed by atoms with van der Waals surface area (Å²) in [6.45, 7) is 2.07. The van der Waals surface area contributed by atoms with Gasteiger partial charge in [-0.15, -0.1) is 11.3 Å². The molecule has 0 fully saturated rings. The van der Waals surface area contributed by atoms with Gasteiger partial charge in [-0.2, -0.15) is 4.98 Å². The first kappa shape index (κ1) is 21.2. The topological polar surface area (TPSA) is 80.9 Å². The Morgan fingerprint density at radius 2 is 1.97 bits per heavy atom. The maximum Gasteiger partial charge on any atom is 0.227 e. The first-order valence-electron chi connectivity index (χ1n) is 9.58. The fourth-order valence-electron chi connectivity index (χ4n) is 2.88. The molecule has 158 valence electrons. The number of thiazole rings is 1. The number of benzene rings is 2. The number of para-hydroxylation sites is 1. The number of halogens is 1. The minimum atomic E-state index is -0.472. The van der Waals surface area contributed by atoms with E-state index in [9.17, 15) is 9.18 Å². The zero-order valence-corrected chi connectivity index (χ0v) is 18.3. The quantitative estimate of drug-likeness (QED) is 0.354. The Labute approximate surface area is 186 Å². The molecule has 0 bridgehead atoms. The Bertz CT molecular complexity index is 1190. The van der Waals surface area contributed by atoms with E-state index >= 15 is 0 Å². The van der Waals surface area contributed by atoms with Gasteiger partial charge in [0.05, 0.1) is 17.1 Å². The van der Waals surface area contributed by atoms with E-state index in [-0.39, 0.29) is 24.4 Å². The molecule has 0 radical (unpaired) electrons. The number of hydrogen-bond acceptors (Lipinski definition) is 7.